The minimum Gasteiger partial charge on any atom is -0.313 e. The van der Waals surface area contributed by atoms with Crippen LogP contribution in [0.15, 0.2) is 35.8 Å². The van der Waals surface area contributed by atoms with Crippen LogP contribution in [-0.4, -0.2) is 10.5 Å². The van der Waals surface area contributed by atoms with E-state index in [2.05, 4.69) is 36.7 Å². The molecule has 0 aliphatic rings. The molecular formula is C15H18N2OS. The second kappa shape index (κ2) is 5.53. The number of nitrogens with zero attached hydrogens (tertiary/aromatic N) is 2. The number of fused-ring (bicyclic) bond motifs is 1. The molecule has 4 heteroatoms. The summed E-state index contributed by atoms with van der Waals surface area (Å²) in [6.45, 7) is 10.2. The van der Waals surface area contributed by atoms with Crippen LogP contribution in [-0.2, 0) is 11.3 Å². The third kappa shape index (κ3) is 2.84. The first-order chi connectivity index (χ1) is 9.02. The molecule has 1 heterocycles. The van der Waals surface area contributed by atoms with E-state index in [-0.39, 0.29) is 11.8 Å². The number of hydrogen-bond acceptors (Lipinski definition) is 2. The summed E-state index contributed by atoms with van der Waals surface area (Å²) in [5, 5.41) is 0. The summed E-state index contributed by atoms with van der Waals surface area (Å²) in [6, 6.07) is 6.27. The van der Waals surface area contributed by atoms with Crippen LogP contribution in [0.5, 0.6) is 0 Å². The largest absolute Gasteiger partial charge is 0.313 e. The minimum atomic E-state index is -0.0823. The lowest BCUT2D eigenvalue weighted by Crippen LogP contribution is -2.17. The predicted molar refractivity (Wildman–Crippen MR) is 80.2 cm³/mol. The molecular weight excluding hydrogens is 256 g/mol. The number of benzene rings is 1. The molecule has 0 spiro atoms. The van der Waals surface area contributed by atoms with Gasteiger partial charge in [-0.3, -0.25) is 4.79 Å². The summed E-state index contributed by atoms with van der Waals surface area (Å²) < 4.78 is 3.18. The fraction of sp³-hybridized carbons (Fsp3) is 0.333. The first-order valence-corrected chi connectivity index (χ1v) is 7.14. The lowest BCUT2D eigenvalue weighted by atomic mass is 10.2. The van der Waals surface area contributed by atoms with E-state index >= 15 is 0 Å². The summed E-state index contributed by atoms with van der Waals surface area (Å²) in [5.41, 5.74) is 2.31. The molecule has 0 atom stereocenters. The number of aryl methyl sites for hydroxylation is 1. The monoisotopic (exact) mass is 274 g/mol. The number of aromatic nitrogens is 1. The van der Waals surface area contributed by atoms with Gasteiger partial charge in [0.1, 0.15) is 0 Å². The highest BCUT2D eigenvalue weighted by Gasteiger charge is 2.09. The number of carbonyl (C=O) groups excluding carboxylic acids is 1. The molecule has 1 aromatic heterocycles. The molecule has 2 rings (SSSR count). The van der Waals surface area contributed by atoms with E-state index in [0.717, 1.165) is 15.0 Å². The van der Waals surface area contributed by atoms with Gasteiger partial charge in [0.15, 0.2) is 4.80 Å². The van der Waals surface area contributed by atoms with Crippen molar-refractivity contribution in [1.29, 1.82) is 0 Å². The average molecular weight is 274 g/mol. The van der Waals surface area contributed by atoms with Gasteiger partial charge in [-0.2, -0.15) is 4.99 Å². The Bertz CT molecular complexity index is 692. The third-order valence-electron chi connectivity index (χ3n) is 2.85. The molecule has 100 valence electrons. The van der Waals surface area contributed by atoms with Crippen LogP contribution in [0.2, 0.25) is 0 Å². The number of rotatable bonds is 3. The molecule has 0 fully saturated rings. The Labute approximate surface area is 116 Å². The van der Waals surface area contributed by atoms with Gasteiger partial charge in [0.25, 0.3) is 5.91 Å². The summed E-state index contributed by atoms with van der Waals surface area (Å²) in [6.07, 6.45) is 1.82. The Morgan fingerprint density at radius 2 is 2.26 bits per heavy atom. The molecule has 0 aliphatic heterocycles. The van der Waals surface area contributed by atoms with Gasteiger partial charge in [0.05, 0.1) is 10.2 Å². The number of allylic oxidation sites excluding steroid dienone is 1. The van der Waals surface area contributed by atoms with Gasteiger partial charge >= 0.3 is 0 Å². The zero-order chi connectivity index (χ0) is 14.0. The van der Waals surface area contributed by atoms with E-state index in [4.69, 9.17) is 0 Å². The summed E-state index contributed by atoms with van der Waals surface area (Å²) >= 11 is 1.55. The standard InChI is InChI=1S/C15H18N2OS/c1-5-8-17-12-7-6-11(4)9-13(12)19-15(17)16-14(18)10(2)3/h5-7,9-10H,1,8H2,2-4H3. The molecule has 19 heavy (non-hydrogen) atoms. The van der Waals surface area contributed by atoms with Crippen molar-refractivity contribution in [2.75, 3.05) is 0 Å². The summed E-state index contributed by atoms with van der Waals surface area (Å²) in [7, 11) is 0. The van der Waals surface area contributed by atoms with Gasteiger partial charge in [-0.15, -0.1) is 6.58 Å². The van der Waals surface area contributed by atoms with E-state index in [1.807, 2.05) is 24.5 Å². The lowest BCUT2D eigenvalue weighted by Gasteiger charge is -2.01. The van der Waals surface area contributed by atoms with E-state index in [9.17, 15) is 4.79 Å². The van der Waals surface area contributed by atoms with E-state index < -0.39 is 0 Å². The Kier molecular flexibility index (Phi) is 4.00. The molecule has 2 aromatic rings. The van der Waals surface area contributed by atoms with Gasteiger partial charge in [-0.1, -0.05) is 37.3 Å². The van der Waals surface area contributed by atoms with Gasteiger partial charge in [0.2, 0.25) is 0 Å². The highest BCUT2D eigenvalue weighted by molar-refractivity contribution is 7.16. The maximum atomic E-state index is 11.8. The van der Waals surface area contributed by atoms with Crippen LogP contribution in [0.1, 0.15) is 19.4 Å². The Morgan fingerprint density at radius 3 is 2.89 bits per heavy atom. The molecule has 0 N–H and O–H groups in total. The zero-order valence-corrected chi connectivity index (χ0v) is 12.3. The molecule has 3 nitrogen and oxygen atoms in total. The Hall–Kier alpha value is -1.68. The topological polar surface area (TPSA) is 34.4 Å². The molecule has 0 aliphatic carbocycles. The predicted octanol–water partition coefficient (Wildman–Crippen LogP) is 3.28. The molecule has 0 bridgehead atoms. The van der Waals surface area contributed by atoms with Crippen molar-refractivity contribution in [1.82, 2.24) is 4.57 Å². The van der Waals surface area contributed by atoms with Crippen LogP contribution in [0, 0.1) is 12.8 Å². The molecule has 0 saturated carbocycles. The van der Waals surface area contributed by atoms with Crippen molar-refractivity contribution in [2.45, 2.75) is 27.3 Å². The quantitative estimate of drug-likeness (QED) is 0.791. The zero-order valence-electron chi connectivity index (χ0n) is 11.5. The molecule has 1 aromatic carbocycles. The van der Waals surface area contributed by atoms with Crippen LogP contribution in [0.3, 0.4) is 0 Å². The van der Waals surface area contributed by atoms with Gasteiger partial charge in [-0.25, -0.2) is 0 Å². The van der Waals surface area contributed by atoms with Crippen molar-refractivity contribution in [3.05, 3.63) is 41.2 Å². The van der Waals surface area contributed by atoms with Crippen molar-refractivity contribution >= 4 is 27.5 Å². The number of amides is 1. The van der Waals surface area contributed by atoms with Crippen LogP contribution < -0.4 is 4.80 Å². The van der Waals surface area contributed by atoms with Crippen molar-refractivity contribution in [3.63, 3.8) is 0 Å². The highest BCUT2D eigenvalue weighted by atomic mass is 32.1. The third-order valence-corrected chi connectivity index (χ3v) is 3.89. The van der Waals surface area contributed by atoms with Crippen LogP contribution >= 0.6 is 11.3 Å². The molecule has 1 amide bonds. The fourth-order valence-corrected chi connectivity index (χ4v) is 2.94. The summed E-state index contributed by atoms with van der Waals surface area (Å²) in [4.78, 5) is 16.8. The van der Waals surface area contributed by atoms with Gasteiger partial charge in [-0.05, 0) is 24.6 Å². The van der Waals surface area contributed by atoms with E-state index in [1.54, 1.807) is 11.3 Å². The Balaban J connectivity index is 2.69. The highest BCUT2D eigenvalue weighted by Crippen LogP contribution is 2.19. The van der Waals surface area contributed by atoms with E-state index in [1.165, 1.54) is 5.56 Å². The smallest absolute Gasteiger partial charge is 0.250 e. The van der Waals surface area contributed by atoms with Crippen molar-refractivity contribution in [3.8, 4) is 0 Å². The average Bonchev–Trinajstić information content (AvgIpc) is 2.67. The maximum absolute atomic E-state index is 11.8. The van der Waals surface area contributed by atoms with Crippen molar-refractivity contribution < 1.29 is 4.79 Å². The van der Waals surface area contributed by atoms with Crippen LogP contribution in [0.4, 0.5) is 0 Å². The second-order valence-electron chi connectivity index (χ2n) is 4.86. The molecule has 0 saturated heterocycles. The fourth-order valence-electron chi connectivity index (χ4n) is 1.79. The first-order valence-electron chi connectivity index (χ1n) is 6.32. The van der Waals surface area contributed by atoms with Gasteiger partial charge in [0, 0.05) is 12.5 Å². The Morgan fingerprint density at radius 1 is 1.53 bits per heavy atom. The minimum absolute atomic E-state index is 0.0795. The normalized spacial score (nSPS) is 12.3. The SMILES string of the molecule is C=CCn1c(=NC(=O)C(C)C)sc2cc(C)ccc21. The molecule has 0 unspecified atom stereocenters. The summed E-state index contributed by atoms with van der Waals surface area (Å²) in [5.74, 6) is -0.162. The number of thiazole rings is 1. The van der Waals surface area contributed by atoms with Crippen LogP contribution in [0.25, 0.3) is 10.2 Å². The second-order valence-corrected chi connectivity index (χ2v) is 5.87. The van der Waals surface area contributed by atoms with Crippen molar-refractivity contribution in [2.24, 2.45) is 10.9 Å². The number of hydrogen-bond donors (Lipinski definition) is 0. The number of carbonyl (C=O) groups is 1. The maximum Gasteiger partial charge on any atom is 0.250 e. The van der Waals surface area contributed by atoms with E-state index in [0.29, 0.717) is 6.54 Å². The first kappa shape index (κ1) is 13.7. The lowest BCUT2D eigenvalue weighted by molar-refractivity contribution is -0.120. The van der Waals surface area contributed by atoms with Gasteiger partial charge < -0.3 is 4.57 Å². The molecule has 0 radical (unpaired) electrons.